The van der Waals surface area contributed by atoms with Crippen LogP contribution in [0.1, 0.15) is 32.1 Å². The lowest BCUT2D eigenvalue weighted by atomic mass is 9.73. The van der Waals surface area contributed by atoms with Crippen LogP contribution in [0.2, 0.25) is 0 Å². The predicted molar refractivity (Wildman–Crippen MR) is 103 cm³/mol. The quantitative estimate of drug-likeness (QED) is 0.818. The zero-order valence-electron chi connectivity index (χ0n) is 15.4. The van der Waals surface area contributed by atoms with Gasteiger partial charge in [0.2, 0.25) is 5.88 Å². The molecule has 1 spiro atoms. The molecule has 9 heteroatoms. The van der Waals surface area contributed by atoms with Crippen LogP contribution in [0, 0.1) is 5.92 Å². The number of aromatic nitrogens is 2. The molecule has 6 nitrogen and oxygen atoms in total. The largest absolute Gasteiger partial charge is 0.471 e. The summed E-state index contributed by atoms with van der Waals surface area (Å²) in [6.45, 7) is 0.452. The number of ether oxygens (including phenoxy) is 2. The summed E-state index contributed by atoms with van der Waals surface area (Å²) < 4.78 is 35.7. The number of hydrogen-bond acceptors (Lipinski definition) is 7. The van der Waals surface area contributed by atoms with E-state index in [2.05, 4.69) is 31.0 Å². The van der Waals surface area contributed by atoms with Gasteiger partial charge < -0.3 is 14.8 Å². The van der Waals surface area contributed by atoms with Crippen LogP contribution in [-0.2, 0) is 4.74 Å². The molecule has 2 bridgehead atoms. The molecule has 1 N–H and O–H groups in total. The van der Waals surface area contributed by atoms with Crippen molar-refractivity contribution in [1.29, 1.82) is 0 Å². The van der Waals surface area contributed by atoms with Gasteiger partial charge in [0, 0.05) is 18.5 Å². The number of halogens is 2. The molecule has 0 radical (unpaired) electrons. The van der Waals surface area contributed by atoms with E-state index in [4.69, 9.17) is 4.74 Å². The molecular weight excluding hydrogens is 386 g/mol. The van der Waals surface area contributed by atoms with Gasteiger partial charge in [-0.25, -0.2) is 9.97 Å². The lowest BCUT2D eigenvalue weighted by molar-refractivity contribution is -0.129. The van der Waals surface area contributed by atoms with Gasteiger partial charge in [0.25, 0.3) is 0 Å². The van der Waals surface area contributed by atoms with Crippen LogP contribution in [0.4, 0.5) is 13.9 Å². The molecule has 2 aromatic heterocycles. The summed E-state index contributed by atoms with van der Waals surface area (Å²) in [6, 6.07) is 3.04. The third-order valence-corrected chi connectivity index (χ3v) is 6.82. The molecular formula is C19H22F2N4O2S. The van der Waals surface area contributed by atoms with Crippen LogP contribution < -0.4 is 10.1 Å². The van der Waals surface area contributed by atoms with Gasteiger partial charge in [-0.2, -0.15) is 8.78 Å². The third kappa shape index (κ3) is 3.41. The summed E-state index contributed by atoms with van der Waals surface area (Å²) in [4.78, 5) is 11.7. The SMILES string of the molecule is FC(F)Oc1ccc2nc(NC3=CCCC[C@@]4(CN5CCC4CC5)O3)sc2n1. The Bertz CT molecular complexity index is 897. The number of allylic oxidation sites excluding steroid dienone is 1. The van der Waals surface area contributed by atoms with E-state index in [1.165, 1.54) is 43.3 Å². The first-order chi connectivity index (χ1) is 13.6. The molecule has 3 saturated heterocycles. The molecule has 4 aliphatic rings. The Morgan fingerprint density at radius 2 is 2.14 bits per heavy atom. The van der Waals surface area contributed by atoms with E-state index < -0.39 is 6.61 Å². The van der Waals surface area contributed by atoms with Crippen LogP contribution in [0.5, 0.6) is 5.88 Å². The highest BCUT2D eigenvalue weighted by Gasteiger charge is 2.49. The molecule has 2 aromatic rings. The molecule has 150 valence electrons. The lowest BCUT2D eigenvalue weighted by Crippen LogP contribution is -2.60. The highest BCUT2D eigenvalue weighted by atomic mass is 32.1. The highest BCUT2D eigenvalue weighted by molar-refractivity contribution is 7.21. The van der Waals surface area contributed by atoms with E-state index >= 15 is 0 Å². The van der Waals surface area contributed by atoms with Gasteiger partial charge >= 0.3 is 6.61 Å². The zero-order chi connectivity index (χ0) is 19.1. The Morgan fingerprint density at radius 3 is 2.89 bits per heavy atom. The van der Waals surface area contributed by atoms with Crippen LogP contribution >= 0.6 is 11.3 Å². The molecule has 3 fully saturated rings. The molecule has 0 saturated carbocycles. The van der Waals surface area contributed by atoms with Gasteiger partial charge in [-0.05, 0) is 57.3 Å². The van der Waals surface area contributed by atoms with Gasteiger partial charge in [-0.15, -0.1) is 0 Å². The molecule has 0 unspecified atom stereocenters. The van der Waals surface area contributed by atoms with Crippen molar-refractivity contribution in [2.75, 3.05) is 25.0 Å². The summed E-state index contributed by atoms with van der Waals surface area (Å²) in [6.07, 6.45) is 7.65. The van der Waals surface area contributed by atoms with E-state index in [0.717, 1.165) is 31.7 Å². The lowest BCUT2D eigenvalue weighted by Gasteiger charge is -2.52. The van der Waals surface area contributed by atoms with Gasteiger partial charge in [0.05, 0.1) is 0 Å². The molecule has 6 heterocycles. The smallest absolute Gasteiger partial charge is 0.388 e. The van der Waals surface area contributed by atoms with Crippen LogP contribution in [0.25, 0.3) is 10.3 Å². The maximum atomic E-state index is 12.4. The summed E-state index contributed by atoms with van der Waals surface area (Å²) in [7, 11) is 0. The third-order valence-electron chi connectivity index (χ3n) is 5.94. The zero-order valence-corrected chi connectivity index (χ0v) is 16.2. The van der Waals surface area contributed by atoms with Crippen molar-refractivity contribution in [3.63, 3.8) is 0 Å². The normalized spacial score (nSPS) is 29.6. The van der Waals surface area contributed by atoms with Gasteiger partial charge in [-0.1, -0.05) is 11.3 Å². The van der Waals surface area contributed by atoms with E-state index in [1.54, 1.807) is 6.07 Å². The fourth-order valence-corrected chi connectivity index (χ4v) is 5.49. The summed E-state index contributed by atoms with van der Waals surface area (Å²) >= 11 is 1.30. The number of piperidine rings is 3. The number of pyridine rings is 1. The molecule has 0 aliphatic carbocycles. The fraction of sp³-hybridized carbons (Fsp3) is 0.579. The van der Waals surface area contributed by atoms with Gasteiger partial charge in [0.1, 0.15) is 15.9 Å². The van der Waals surface area contributed by atoms with Crippen molar-refractivity contribution in [2.24, 2.45) is 5.92 Å². The first-order valence-electron chi connectivity index (χ1n) is 9.71. The van der Waals surface area contributed by atoms with Crippen molar-refractivity contribution < 1.29 is 18.3 Å². The van der Waals surface area contributed by atoms with Crippen LogP contribution in [0.15, 0.2) is 24.1 Å². The summed E-state index contributed by atoms with van der Waals surface area (Å²) in [5, 5.41) is 3.94. The number of hydrogen-bond donors (Lipinski definition) is 1. The molecule has 6 rings (SSSR count). The van der Waals surface area contributed by atoms with E-state index in [0.29, 0.717) is 21.4 Å². The Balaban J connectivity index is 1.35. The summed E-state index contributed by atoms with van der Waals surface area (Å²) in [5.41, 5.74) is 0.528. The first kappa shape index (κ1) is 18.1. The first-order valence-corrected chi connectivity index (χ1v) is 10.5. The second-order valence-corrected chi connectivity index (χ2v) is 8.65. The number of fused-ring (bicyclic) bond motifs is 3. The van der Waals surface area contributed by atoms with E-state index in [9.17, 15) is 8.78 Å². The van der Waals surface area contributed by atoms with Crippen molar-refractivity contribution in [3.05, 3.63) is 24.1 Å². The molecule has 0 aromatic carbocycles. The van der Waals surface area contributed by atoms with Crippen LogP contribution in [0.3, 0.4) is 0 Å². The Kier molecular flexibility index (Phi) is 4.59. The Labute approximate surface area is 165 Å². The maximum Gasteiger partial charge on any atom is 0.388 e. The number of rotatable bonds is 4. The van der Waals surface area contributed by atoms with Crippen molar-refractivity contribution in [3.8, 4) is 5.88 Å². The minimum Gasteiger partial charge on any atom is -0.471 e. The highest BCUT2D eigenvalue weighted by Crippen LogP contribution is 2.44. The number of alkyl halides is 2. The molecule has 28 heavy (non-hydrogen) atoms. The van der Waals surface area contributed by atoms with Crippen molar-refractivity contribution in [1.82, 2.24) is 14.9 Å². The minimum absolute atomic E-state index is 0.103. The molecule has 4 aliphatic heterocycles. The second kappa shape index (κ2) is 7.11. The standard InChI is InChI=1S/C19H22F2N4O2S/c20-17(21)26-14-5-4-13-16(23-14)28-18(22-13)24-15-3-1-2-8-19(27-15)11-25-9-6-12(19)7-10-25/h3-5,12,17H,1-2,6-11H2,(H,22,24)/t19-/m0/s1. The molecule has 0 amide bonds. The van der Waals surface area contributed by atoms with E-state index in [1.807, 2.05) is 0 Å². The van der Waals surface area contributed by atoms with Gasteiger partial charge in [0.15, 0.2) is 11.0 Å². The van der Waals surface area contributed by atoms with Crippen molar-refractivity contribution >= 4 is 26.8 Å². The maximum absolute atomic E-state index is 12.4. The van der Waals surface area contributed by atoms with Crippen LogP contribution in [-0.4, -0.2) is 46.7 Å². The summed E-state index contributed by atoms with van der Waals surface area (Å²) in [5.74, 6) is 1.25. The Morgan fingerprint density at radius 1 is 1.29 bits per heavy atom. The number of nitrogens with zero attached hydrogens (tertiary/aromatic N) is 3. The number of nitrogens with one attached hydrogen (secondary N) is 1. The average molecular weight is 408 g/mol. The minimum atomic E-state index is -2.89. The molecule has 1 atom stereocenters. The van der Waals surface area contributed by atoms with Gasteiger partial charge in [-0.3, -0.25) is 4.90 Å². The average Bonchev–Trinajstić information content (AvgIpc) is 2.96. The second-order valence-electron chi connectivity index (χ2n) is 7.67. The predicted octanol–water partition coefficient (Wildman–Crippen LogP) is 4.21. The fourth-order valence-electron chi connectivity index (χ4n) is 4.66. The topological polar surface area (TPSA) is 59.5 Å². The Hall–Kier alpha value is -2.00. The monoisotopic (exact) mass is 408 g/mol. The number of anilines is 1. The van der Waals surface area contributed by atoms with Crippen molar-refractivity contribution in [2.45, 2.75) is 44.3 Å². The van der Waals surface area contributed by atoms with E-state index in [-0.39, 0.29) is 11.5 Å². The number of thiazole rings is 1.